The number of hydrogen-bond acceptors (Lipinski definition) is 1. The molecule has 10 rings (SSSR count). The molecule has 0 amide bonds. The Morgan fingerprint density at radius 1 is 0.360 bits per heavy atom. The maximum absolute atomic E-state index is 2.45. The van der Waals surface area contributed by atoms with Gasteiger partial charge in [0.2, 0.25) is 0 Å². The van der Waals surface area contributed by atoms with Crippen LogP contribution in [0.4, 0.5) is 17.1 Å². The van der Waals surface area contributed by atoms with Gasteiger partial charge < -0.3 is 4.90 Å². The van der Waals surface area contributed by atoms with Crippen molar-refractivity contribution in [2.45, 2.75) is 19.3 Å². The lowest BCUT2D eigenvalue weighted by Crippen LogP contribution is -2.16. The van der Waals surface area contributed by atoms with Crippen LogP contribution >= 0.6 is 0 Å². The van der Waals surface area contributed by atoms with Crippen molar-refractivity contribution in [1.82, 2.24) is 0 Å². The summed E-state index contributed by atoms with van der Waals surface area (Å²) in [6.45, 7) is 4.71. The molecule has 0 radical (unpaired) electrons. The van der Waals surface area contributed by atoms with Crippen LogP contribution in [0.5, 0.6) is 0 Å². The average Bonchev–Trinajstić information content (AvgIpc) is 3.63. The molecule has 1 nitrogen and oxygen atoms in total. The van der Waals surface area contributed by atoms with Crippen LogP contribution in [0.1, 0.15) is 25.0 Å². The summed E-state index contributed by atoms with van der Waals surface area (Å²) in [5.41, 5.74) is 19.0. The Kier molecular flexibility index (Phi) is 6.29. The lowest BCUT2D eigenvalue weighted by atomic mass is 9.82. The summed E-state index contributed by atoms with van der Waals surface area (Å²) in [4.78, 5) is 2.45. The van der Waals surface area contributed by atoms with E-state index in [4.69, 9.17) is 0 Å². The van der Waals surface area contributed by atoms with Crippen LogP contribution in [0, 0.1) is 0 Å². The molecule has 1 heteroatoms. The zero-order valence-corrected chi connectivity index (χ0v) is 28.2. The van der Waals surface area contributed by atoms with Crippen molar-refractivity contribution in [1.29, 1.82) is 0 Å². The Morgan fingerprint density at radius 3 is 1.70 bits per heavy atom. The first kappa shape index (κ1) is 28.8. The van der Waals surface area contributed by atoms with Crippen molar-refractivity contribution >= 4 is 27.8 Å². The molecule has 0 aliphatic heterocycles. The van der Waals surface area contributed by atoms with Gasteiger partial charge in [-0.1, -0.05) is 159 Å². The smallest absolute Gasteiger partial charge is 0.0543 e. The molecule has 0 N–H and O–H groups in total. The number of hydrogen-bond donors (Lipinski definition) is 0. The van der Waals surface area contributed by atoms with Gasteiger partial charge in [-0.05, 0) is 102 Å². The van der Waals surface area contributed by atoms with Crippen molar-refractivity contribution < 1.29 is 0 Å². The third-order valence-corrected chi connectivity index (χ3v) is 11.0. The molecule has 0 spiro atoms. The van der Waals surface area contributed by atoms with Gasteiger partial charge in [0.25, 0.3) is 0 Å². The first-order valence-corrected chi connectivity index (χ1v) is 17.5. The second-order valence-electron chi connectivity index (χ2n) is 14.1. The zero-order chi connectivity index (χ0) is 33.4. The van der Waals surface area contributed by atoms with Gasteiger partial charge in [0.15, 0.2) is 0 Å². The maximum Gasteiger partial charge on any atom is 0.0543 e. The molecule has 2 aliphatic carbocycles. The molecule has 236 valence electrons. The van der Waals surface area contributed by atoms with Crippen molar-refractivity contribution in [3.63, 3.8) is 0 Å². The predicted molar refractivity (Wildman–Crippen MR) is 211 cm³/mol. The Morgan fingerprint density at radius 2 is 0.940 bits per heavy atom. The van der Waals surface area contributed by atoms with E-state index >= 15 is 0 Å². The molecule has 0 saturated heterocycles. The molecule has 0 heterocycles. The van der Waals surface area contributed by atoms with Gasteiger partial charge in [-0.3, -0.25) is 0 Å². The molecular formula is C49H35N. The second-order valence-corrected chi connectivity index (χ2v) is 14.1. The Labute approximate surface area is 293 Å². The first-order chi connectivity index (χ1) is 24.6. The summed E-state index contributed by atoms with van der Waals surface area (Å²) >= 11 is 0. The number of benzene rings is 8. The van der Waals surface area contributed by atoms with Gasteiger partial charge in [-0.25, -0.2) is 0 Å². The summed E-state index contributed by atoms with van der Waals surface area (Å²) in [6.07, 6.45) is 0. The summed E-state index contributed by atoms with van der Waals surface area (Å²) in [6, 6.07) is 64.8. The van der Waals surface area contributed by atoms with Crippen LogP contribution in [-0.4, -0.2) is 0 Å². The van der Waals surface area contributed by atoms with E-state index in [9.17, 15) is 0 Å². The fraction of sp³-hybridized carbons (Fsp3) is 0.0612. The summed E-state index contributed by atoms with van der Waals surface area (Å²) < 4.78 is 0. The zero-order valence-electron chi connectivity index (χ0n) is 28.2. The molecule has 50 heavy (non-hydrogen) atoms. The molecule has 8 aromatic rings. The van der Waals surface area contributed by atoms with E-state index in [1.54, 1.807) is 0 Å². The quantitative estimate of drug-likeness (QED) is 0.181. The van der Waals surface area contributed by atoms with Crippen LogP contribution in [0.2, 0.25) is 0 Å². The van der Waals surface area contributed by atoms with Crippen molar-refractivity contribution in [2.24, 2.45) is 0 Å². The Hall–Kier alpha value is -6.18. The van der Waals surface area contributed by atoms with Gasteiger partial charge in [0.05, 0.1) is 5.69 Å². The third kappa shape index (κ3) is 4.20. The summed E-state index contributed by atoms with van der Waals surface area (Å²) in [5, 5.41) is 2.65. The Bertz CT molecular complexity index is 2590. The van der Waals surface area contributed by atoms with Gasteiger partial charge >= 0.3 is 0 Å². The number of fused-ring (bicyclic) bond motifs is 6. The summed E-state index contributed by atoms with van der Waals surface area (Å²) in [7, 11) is 0. The molecular weight excluding hydrogens is 603 g/mol. The van der Waals surface area contributed by atoms with Crippen molar-refractivity contribution in [3.8, 4) is 55.6 Å². The van der Waals surface area contributed by atoms with Crippen LogP contribution in [-0.2, 0) is 5.41 Å². The third-order valence-electron chi connectivity index (χ3n) is 11.0. The largest absolute Gasteiger partial charge is 0.310 e. The standard InChI is InChI=1S/C49H35N/c1-49(2)43-19-9-8-17-42(43)48-44(49)20-11-21-45(48)50(36-27-22-33(23-28-36)32-12-4-3-5-13-32)37-29-24-34(25-30-37)38-31-26-35-14-10-18-40-39-15-6-7-16-41(39)47(38)46(35)40/h3-31H,1-2H3. The lowest BCUT2D eigenvalue weighted by molar-refractivity contribution is 0.660. The first-order valence-electron chi connectivity index (χ1n) is 17.5. The predicted octanol–water partition coefficient (Wildman–Crippen LogP) is 13.6. The summed E-state index contributed by atoms with van der Waals surface area (Å²) in [5.74, 6) is 0. The van der Waals surface area contributed by atoms with Gasteiger partial charge in [-0.2, -0.15) is 0 Å². The van der Waals surface area contributed by atoms with E-state index in [0.717, 1.165) is 11.4 Å². The molecule has 0 bridgehead atoms. The molecule has 0 atom stereocenters. The monoisotopic (exact) mass is 637 g/mol. The minimum atomic E-state index is -0.0808. The van der Waals surface area contributed by atoms with Gasteiger partial charge in [0, 0.05) is 22.4 Å². The highest BCUT2D eigenvalue weighted by Crippen LogP contribution is 2.55. The fourth-order valence-corrected chi connectivity index (χ4v) is 8.63. The molecule has 0 aromatic heterocycles. The lowest BCUT2D eigenvalue weighted by Gasteiger charge is -2.29. The average molecular weight is 638 g/mol. The molecule has 0 unspecified atom stereocenters. The molecule has 0 fully saturated rings. The van der Waals surface area contributed by atoms with Gasteiger partial charge in [0.1, 0.15) is 0 Å². The molecule has 2 aliphatic rings. The van der Waals surface area contributed by atoms with Crippen LogP contribution in [0.3, 0.4) is 0 Å². The van der Waals surface area contributed by atoms with E-state index in [-0.39, 0.29) is 5.41 Å². The van der Waals surface area contributed by atoms with E-state index in [1.165, 1.54) is 83.2 Å². The van der Waals surface area contributed by atoms with E-state index in [0.29, 0.717) is 0 Å². The highest BCUT2D eigenvalue weighted by Gasteiger charge is 2.37. The van der Waals surface area contributed by atoms with Crippen molar-refractivity contribution in [3.05, 3.63) is 187 Å². The number of nitrogens with zero attached hydrogens (tertiary/aromatic N) is 1. The molecule has 0 saturated carbocycles. The highest BCUT2D eigenvalue weighted by atomic mass is 15.1. The topological polar surface area (TPSA) is 3.24 Å². The van der Waals surface area contributed by atoms with Crippen LogP contribution in [0.25, 0.3) is 66.4 Å². The second kappa shape index (κ2) is 10.9. The van der Waals surface area contributed by atoms with Crippen molar-refractivity contribution in [2.75, 3.05) is 4.90 Å². The van der Waals surface area contributed by atoms with Crippen LogP contribution in [0.15, 0.2) is 176 Å². The maximum atomic E-state index is 2.45. The SMILES string of the molecule is CC1(C)c2ccccc2-c2c(N(c3ccc(-c4ccccc4)cc3)c3ccc(-c4ccc5cccc6c5c4-c4ccccc4-6)cc3)cccc21. The minimum Gasteiger partial charge on any atom is -0.310 e. The van der Waals surface area contributed by atoms with E-state index in [1.807, 2.05) is 0 Å². The Balaban J connectivity index is 1.14. The number of rotatable bonds is 5. The van der Waals surface area contributed by atoms with E-state index < -0.39 is 0 Å². The van der Waals surface area contributed by atoms with E-state index in [2.05, 4.69) is 195 Å². The van der Waals surface area contributed by atoms with Gasteiger partial charge in [-0.15, -0.1) is 0 Å². The van der Waals surface area contributed by atoms with Crippen LogP contribution < -0.4 is 4.90 Å². The normalized spacial score (nSPS) is 13.2. The minimum absolute atomic E-state index is 0.0808. The highest BCUT2D eigenvalue weighted by molar-refractivity contribution is 6.19. The fourth-order valence-electron chi connectivity index (χ4n) is 8.63. The number of anilines is 3. The molecule has 8 aromatic carbocycles.